The predicted octanol–water partition coefficient (Wildman–Crippen LogP) is 5.88. The molecular formula is C18H32O2Zr. The van der Waals surface area contributed by atoms with Crippen LogP contribution in [0.4, 0.5) is 0 Å². The molecule has 0 amide bonds. The Morgan fingerprint density at radius 1 is 0.810 bits per heavy atom. The van der Waals surface area contributed by atoms with E-state index >= 15 is 0 Å². The fourth-order valence-corrected chi connectivity index (χ4v) is 2.09. The van der Waals surface area contributed by atoms with E-state index in [4.69, 9.17) is 5.11 Å². The number of hydrogen-bond donors (Lipinski definition) is 1. The molecule has 0 radical (unpaired) electrons. The summed E-state index contributed by atoms with van der Waals surface area (Å²) in [6.45, 7) is 2.23. The zero-order valence-corrected chi connectivity index (χ0v) is 16.1. The number of rotatable bonds is 14. The van der Waals surface area contributed by atoms with Crippen molar-refractivity contribution in [2.45, 2.75) is 84.0 Å². The van der Waals surface area contributed by atoms with E-state index in [1.54, 1.807) is 0 Å². The van der Waals surface area contributed by atoms with E-state index in [0.717, 1.165) is 25.7 Å². The number of allylic oxidation sites excluding steroid dienone is 4. The summed E-state index contributed by atoms with van der Waals surface area (Å²) in [6.07, 6.45) is 22.3. The van der Waals surface area contributed by atoms with Crippen molar-refractivity contribution >= 4 is 5.97 Å². The Kier molecular flexibility index (Phi) is 21.8. The van der Waals surface area contributed by atoms with Crippen molar-refractivity contribution in [2.75, 3.05) is 0 Å². The second-order valence-electron chi connectivity index (χ2n) is 5.37. The van der Waals surface area contributed by atoms with E-state index in [0.29, 0.717) is 6.42 Å². The first-order chi connectivity index (χ1) is 9.77. The van der Waals surface area contributed by atoms with Gasteiger partial charge in [0.05, 0.1) is 0 Å². The molecular weight excluding hydrogens is 339 g/mol. The summed E-state index contributed by atoms with van der Waals surface area (Å²) >= 11 is 0. The molecule has 0 rings (SSSR count). The van der Waals surface area contributed by atoms with Crippen LogP contribution in [0, 0.1) is 0 Å². The van der Waals surface area contributed by atoms with Gasteiger partial charge in [-0.15, -0.1) is 0 Å². The summed E-state index contributed by atoms with van der Waals surface area (Å²) in [5.41, 5.74) is 0. The zero-order chi connectivity index (χ0) is 14.9. The molecule has 0 spiro atoms. The third kappa shape index (κ3) is 22.3. The van der Waals surface area contributed by atoms with Crippen LogP contribution in [0.3, 0.4) is 0 Å². The van der Waals surface area contributed by atoms with Gasteiger partial charge in [0.1, 0.15) is 0 Å². The van der Waals surface area contributed by atoms with Gasteiger partial charge in [-0.3, -0.25) is 4.79 Å². The van der Waals surface area contributed by atoms with Crippen molar-refractivity contribution in [3.63, 3.8) is 0 Å². The standard InChI is InChI=1S/C18H32O2.Zr/c1-2-3-4-5-6-7-8-9-10-11-12-13-14-15-16-17-18(19)20;/h6-7,9-10H,2-5,8,11-17H2,1H3,(H,19,20);/b7-6-,10-9-;. The normalized spacial score (nSPS) is 11.1. The van der Waals surface area contributed by atoms with Gasteiger partial charge in [0, 0.05) is 32.6 Å². The molecule has 0 heterocycles. The van der Waals surface area contributed by atoms with Gasteiger partial charge in [0.2, 0.25) is 0 Å². The average molecular weight is 372 g/mol. The molecule has 1 N–H and O–H groups in total. The number of aliphatic carboxylic acids is 1. The first-order valence-corrected chi connectivity index (χ1v) is 8.29. The minimum absolute atomic E-state index is 0. The average Bonchev–Trinajstić information content (AvgIpc) is 2.43. The fourth-order valence-electron chi connectivity index (χ4n) is 2.09. The summed E-state index contributed by atoms with van der Waals surface area (Å²) in [6, 6.07) is 0. The molecule has 3 heteroatoms. The molecule has 0 aliphatic rings. The third-order valence-corrected chi connectivity index (χ3v) is 3.34. The molecule has 0 aromatic heterocycles. The van der Waals surface area contributed by atoms with Crippen molar-refractivity contribution in [3.05, 3.63) is 24.3 Å². The second kappa shape index (κ2) is 19.8. The molecule has 0 aromatic carbocycles. The van der Waals surface area contributed by atoms with Crippen LogP contribution in [0.1, 0.15) is 84.0 Å². The van der Waals surface area contributed by atoms with Gasteiger partial charge < -0.3 is 5.11 Å². The van der Waals surface area contributed by atoms with Crippen LogP contribution in [0.5, 0.6) is 0 Å². The minimum atomic E-state index is -0.671. The quantitative estimate of drug-likeness (QED) is 0.306. The first-order valence-electron chi connectivity index (χ1n) is 8.29. The first kappa shape index (κ1) is 23.1. The molecule has 0 saturated heterocycles. The summed E-state index contributed by atoms with van der Waals surface area (Å²) in [4.78, 5) is 10.3. The maximum absolute atomic E-state index is 10.3. The monoisotopic (exact) mass is 370 g/mol. The van der Waals surface area contributed by atoms with Crippen molar-refractivity contribution in [1.82, 2.24) is 0 Å². The summed E-state index contributed by atoms with van der Waals surface area (Å²) in [5, 5.41) is 8.50. The molecule has 2 nitrogen and oxygen atoms in total. The van der Waals surface area contributed by atoms with Crippen LogP contribution >= 0.6 is 0 Å². The summed E-state index contributed by atoms with van der Waals surface area (Å²) < 4.78 is 0. The molecule has 0 unspecified atom stereocenters. The van der Waals surface area contributed by atoms with Gasteiger partial charge in [-0.05, 0) is 38.5 Å². The molecule has 0 aliphatic heterocycles. The zero-order valence-electron chi connectivity index (χ0n) is 13.7. The number of unbranched alkanes of at least 4 members (excludes halogenated alkanes) is 8. The molecule has 0 atom stereocenters. The second-order valence-corrected chi connectivity index (χ2v) is 5.37. The largest absolute Gasteiger partial charge is 0.481 e. The van der Waals surface area contributed by atoms with Gasteiger partial charge in [-0.2, -0.15) is 0 Å². The van der Waals surface area contributed by atoms with Gasteiger partial charge >= 0.3 is 5.97 Å². The molecule has 21 heavy (non-hydrogen) atoms. The Hall–Kier alpha value is -0.167. The Labute approximate surface area is 150 Å². The number of carbonyl (C=O) groups is 1. The molecule has 0 saturated carbocycles. The number of hydrogen-bond acceptors (Lipinski definition) is 1. The van der Waals surface area contributed by atoms with Crippen LogP contribution in [-0.4, -0.2) is 11.1 Å². The van der Waals surface area contributed by atoms with E-state index < -0.39 is 5.97 Å². The van der Waals surface area contributed by atoms with Gasteiger partial charge in [0.15, 0.2) is 0 Å². The molecule has 0 aromatic rings. The van der Waals surface area contributed by atoms with Crippen LogP contribution in [0.2, 0.25) is 0 Å². The van der Waals surface area contributed by atoms with E-state index in [1.165, 1.54) is 44.9 Å². The van der Waals surface area contributed by atoms with E-state index in [-0.39, 0.29) is 26.2 Å². The van der Waals surface area contributed by atoms with Crippen molar-refractivity contribution in [1.29, 1.82) is 0 Å². The Balaban J connectivity index is 0. The number of carboxylic acid groups (broad SMARTS) is 1. The van der Waals surface area contributed by atoms with E-state index in [1.807, 2.05) is 0 Å². The molecule has 0 aliphatic carbocycles. The van der Waals surface area contributed by atoms with E-state index in [9.17, 15) is 4.79 Å². The predicted molar refractivity (Wildman–Crippen MR) is 87.0 cm³/mol. The molecule has 0 bridgehead atoms. The SMILES string of the molecule is CCCCC/C=C\C/C=C\CCCCCCCC(=O)O.[Zr]. The van der Waals surface area contributed by atoms with Crippen LogP contribution < -0.4 is 0 Å². The van der Waals surface area contributed by atoms with Gasteiger partial charge in [-0.25, -0.2) is 0 Å². The Bertz CT molecular complexity index is 272. The third-order valence-electron chi connectivity index (χ3n) is 3.34. The molecule has 120 valence electrons. The maximum atomic E-state index is 10.3. The maximum Gasteiger partial charge on any atom is 0.303 e. The smallest absolute Gasteiger partial charge is 0.303 e. The summed E-state index contributed by atoms with van der Waals surface area (Å²) in [7, 11) is 0. The number of carboxylic acids is 1. The Morgan fingerprint density at radius 2 is 1.33 bits per heavy atom. The fraction of sp³-hybridized carbons (Fsp3) is 0.722. The topological polar surface area (TPSA) is 37.3 Å². The molecule has 0 fully saturated rings. The van der Waals surface area contributed by atoms with Crippen LogP contribution in [0.15, 0.2) is 24.3 Å². The minimum Gasteiger partial charge on any atom is -0.481 e. The van der Waals surface area contributed by atoms with Crippen molar-refractivity contribution in [2.24, 2.45) is 0 Å². The van der Waals surface area contributed by atoms with Crippen molar-refractivity contribution in [3.8, 4) is 0 Å². The van der Waals surface area contributed by atoms with Gasteiger partial charge in [-0.1, -0.05) is 63.3 Å². The van der Waals surface area contributed by atoms with Gasteiger partial charge in [0.25, 0.3) is 0 Å². The summed E-state index contributed by atoms with van der Waals surface area (Å²) in [5.74, 6) is -0.671. The van der Waals surface area contributed by atoms with Crippen LogP contribution in [-0.2, 0) is 31.0 Å². The van der Waals surface area contributed by atoms with Crippen molar-refractivity contribution < 1.29 is 36.1 Å². The van der Waals surface area contributed by atoms with E-state index in [2.05, 4.69) is 31.2 Å². The Morgan fingerprint density at radius 3 is 1.90 bits per heavy atom. The van der Waals surface area contributed by atoms with Crippen LogP contribution in [0.25, 0.3) is 0 Å².